The van der Waals surface area contributed by atoms with Crippen LogP contribution >= 0.6 is 0 Å². The molecule has 1 amide bonds. The summed E-state index contributed by atoms with van der Waals surface area (Å²) in [5, 5.41) is 14.7. The van der Waals surface area contributed by atoms with Crippen LogP contribution in [0, 0.1) is 0 Å². The van der Waals surface area contributed by atoms with Gasteiger partial charge in [-0.25, -0.2) is 4.68 Å². The van der Waals surface area contributed by atoms with E-state index in [1.807, 2.05) is 24.3 Å². The number of rotatable bonds is 5. The number of carbonyl (C=O) groups excluding carboxylic acids is 1. The lowest BCUT2D eigenvalue weighted by atomic mass is 10.1. The van der Waals surface area contributed by atoms with Gasteiger partial charge in [0.15, 0.2) is 5.82 Å². The first kappa shape index (κ1) is 15.1. The predicted octanol–water partition coefficient (Wildman–Crippen LogP) is 0.519. The van der Waals surface area contributed by atoms with E-state index in [1.54, 1.807) is 4.68 Å². The largest absolute Gasteiger partial charge is 0.491 e. The number of fused-ring (bicyclic) bond motifs is 1. The van der Waals surface area contributed by atoms with E-state index in [0.29, 0.717) is 13.2 Å². The van der Waals surface area contributed by atoms with Gasteiger partial charge in [-0.3, -0.25) is 9.69 Å². The van der Waals surface area contributed by atoms with Crippen LogP contribution < -0.4 is 10.1 Å². The summed E-state index contributed by atoms with van der Waals surface area (Å²) >= 11 is 0. The van der Waals surface area contributed by atoms with Crippen LogP contribution in [-0.4, -0.2) is 50.7 Å². The lowest BCUT2D eigenvalue weighted by Crippen LogP contribution is -2.33. The summed E-state index contributed by atoms with van der Waals surface area (Å²) in [5.74, 6) is 1.45. The Bertz CT molecular complexity index is 725. The normalized spacial score (nSPS) is 19.9. The zero-order valence-electron chi connectivity index (χ0n) is 13.4. The molecule has 1 atom stereocenters. The van der Waals surface area contributed by atoms with Crippen molar-refractivity contribution in [3.8, 4) is 5.75 Å². The molecule has 8 nitrogen and oxygen atoms in total. The van der Waals surface area contributed by atoms with Crippen molar-refractivity contribution in [1.29, 1.82) is 0 Å². The van der Waals surface area contributed by atoms with Crippen LogP contribution in [0.15, 0.2) is 24.3 Å². The zero-order valence-corrected chi connectivity index (χ0v) is 13.4. The first-order chi connectivity index (χ1) is 11.8. The molecule has 24 heavy (non-hydrogen) atoms. The number of tetrazole rings is 1. The molecule has 1 N–H and O–H groups in total. The Morgan fingerprint density at radius 1 is 1.29 bits per heavy atom. The van der Waals surface area contributed by atoms with Gasteiger partial charge in [-0.2, -0.15) is 0 Å². The summed E-state index contributed by atoms with van der Waals surface area (Å²) in [5.41, 5.74) is 1.01. The third kappa shape index (κ3) is 3.09. The minimum absolute atomic E-state index is 0.115. The number of amides is 1. The smallest absolute Gasteiger partial charge is 0.242 e. The molecule has 8 heteroatoms. The molecule has 0 aliphatic carbocycles. The molecule has 3 heterocycles. The summed E-state index contributed by atoms with van der Waals surface area (Å²) in [6.45, 7) is 3.40. The summed E-state index contributed by atoms with van der Waals surface area (Å²) in [4.78, 5) is 14.7. The fourth-order valence-corrected chi connectivity index (χ4v) is 3.26. The number of hydrogen-bond acceptors (Lipinski definition) is 6. The van der Waals surface area contributed by atoms with Crippen molar-refractivity contribution in [3.05, 3.63) is 35.7 Å². The number of nitrogens with zero attached hydrogens (tertiary/aromatic N) is 5. The molecular weight excluding hydrogens is 308 g/mol. The van der Waals surface area contributed by atoms with Crippen molar-refractivity contribution in [2.75, 3.05) is 19.7 Å². The SMILES string of the molecule is O=C(Cn1nnnc1CN1CCCC1)NC1COc2ccccc21. The summed E-state index contributed by atoms with van der Waals surface area (Å²) < 4.78 is 7.17. The van der Waals surface area contributed by atoms with Crippen molar-refractivity contribution in [3.63, 3.8) is 0 Å². The van der Waals surface area contributed by atoms with Gasteiger partial charge in [-0.15, -0.1) is 5.10 Å². The predicted molar refractivity (Wildman–Crippen MR) is 85.1 cm³/mol. The minimum Gasteiger partial charge on any atom is -0.491 e. The first-order valence-electron chi connectivity index (χ1n) is 8.28. The molecule has 2 aliphatic heterocycles. The Hall–Kier alpha value is -2.48. The number of hydrogen-bond donors (Lipinski definition) is 1. The van der Waals surface area contributed by atoms with Gasteiger partial charge in [0.2, 0.25) is 5.91 Å². The molecular formula is C16H20N6O2. The maximum absolute atomic E-state index is 12.4. The average molecular weight is 328 g/mol. The number of ether oxygens (including phenoxy) is 1. The molecule has 0 saturated carbocycles. The van der Waals surface area contributed by atoms with Crippen LogP contribution in [0.5, 0.6) is 5.75 Å². The highest BCUT2D eigenvalue weighted by Crippen LogP contribution is 2.31. The maximum atomic E-state index is 12.4. The second-order valence-electron chi connectivity index (χ2n) is 6.20. The molecule has 1 fully saturated rings. The van der Waals surface area contributed by atoms with Gasteiger partial charge in [0, 0.05) is 5.56 Å². The van der Waals surface area contributed by atoms with Crippen LogP contribution in [0.3, 0.4) is 0 Å². The molecule has 0 bridgehead atoms. The number of likely N-dealkylation sites (tertiary alicyclic amines) is 1. The Morgan fingerprint density at radius 2 is 2.12 bits per heavy atom. The highest BCUT2D eigenvalue weighted by Gasteiger charge is 2.25. The fraction of sp³-hybridized carbons (Fsp3) is 0.500. The van der Waals surface area contributed by atoms with E-state index in [2.05, 4.69) is 25.7 Å². The Kier molecular flexibility index (Phi) is 4.12. The second kappa shape index (κ2) is 6.56. The number of nitrogens with one attached hydrogen (secondary N) is 1. The number of aromatic nitrogens is 4. The highest BCUT2D eigenvalue weighted by atomic mass is 16.5. The summed E-state index contributed by atoms with van der Waals surface area (Å²) in [6.07, 6.45) is 2.42. The molecule has 1 saturated heterocycles. The molecule has 1 aromatic carbocycles. The fourth-order valence-electron chi connectivity index (χ4n) is 3.26. The van der Waals surface area contributed by atoms with E-state index in [-0.39, 0.29) is 18.5 Å². The average Bonchev–Trinajstić information content (AvgIpc) is 3.31. The molecule has 2 aromatic rings. The van der Waals surface area contributed by atoms with Crippen molar-refractivity contribution >= 4 is 5.91 Å². The van der Waals surface area contributed by atoms with E-state index < -0.39 is 0 Å². The topological polar surface area (TPSA) is 85.2 Å². The van der Waals surface area contributed by atoms with E-state index in [4.69, 9.17) is 4.74 Å². The van der Waals surface area contributed by atoms with Crippen LogP contribution in [0.25, 0.3) is 0 Å². The van der Waals surface area contributed by atoms with Gasteiger partial charge in [0.1, 0.15) is 18.9 Å². The van der Waals surface area contributed by atoms with Gasteiger partial charge in [0.05, 0.1) is 12.6 Å². The van der Waals surface area contributed by atoms with Gasteiger partial charge < -0.3 is 10.1 Å². The van der Waals surface area contributed by atoms with Crippen LogP contribution in [-0.2, 0) is 17.9 Å². The van der Waals surface area contributed by atoms with Gasteiger partial charge >= 0.3 is 0 Å². The lowest BCUT2D eigenvalue weighted by molar-refractivity contribution is -0.122. The molecule has 0 spiro atoms. The van der Waals surface area contributed by atoms with Gasteiger partial charge in [-0.1, -0.05) is 18.2 Å². The quantitative estimate of drug-likeness (QED) is 0.861. The molecule has 4 rings (SSSR count). The Labute approximate surface area is 139 Å². The minimum atomic E-state index is -0.118. The van der Waals surface area contributed by atoms with E-state index in [0.717, 1.165) is 30.2 Å². The zero-order chi connectivity index (χ0) is 16.4. The lowest BCUT2D eigenvalue weighted by Gasteiger charge is -2.15. The van der Waals surface area contributed by atoms with Gasteiger partial charge in [-0.05, 0) is 42.4 Å². The molecule has 0 radical (unpaired) electrons. The van der Waals surface area contributed by atoms with E-state index in [9.17, 15) is 4.79 Å². The first-order valence-corrected chi connectivity index (χ1v) is 8.28. The molecule has 2 aliphatic rings. The van der Waals surface area contributed by atoms with Crippen LogP contribution in [0.2, 0.25) is 0 Å². The van der Waals surface area contributed by atoms with E-state index >= 15 is 0 Å². The summed E-state index contributed by atoms with van der Waals surface area (Å²) in [7, 11) is 0. The number of carbonyl (C=O) groups is 1. The third-order valence-corrected chi connectivity index (χ3v) is 4.50. The van der Waals surface area contributed by atoms with Crippen molar-refractivity contribution in [1.82, 2.24) is 30.4 Å². The van der Waals surface area contributed by atoms with Crippen LogP contribution in [0.4, 0.5) is 0 Å². The molecule has 1 unspecified atom stereocenters. The maximum Gasteiger partial charge on any atom is 0.242 e. The third-order valence-electron chi connectivity index (χ3n) is 4.50. The summed E-state index contributed by atoms with van der Waals surface area (Å²) in [6, 6.07) is 7.64. The van der Waals surface area contributed by atoms with Crippen molar-refractivity contribution < 1.29 is 9.53 Å². The molecule has 126 valence electrons. The highest BCUT2D eigenvalue weighted by molar-refractivity contribution is 5.76. The Balaban J connectivity index is 1.38. The standard InChI is InChI=1S/C16H20N6O2/c23-16(17-13-11-24-14-6-2-1-5-12(13)14)10-22-15(18-19-20-22)9-21-7-3-4-8-21/h1-2,5-6,13H,3-4,7-11H2,(H,17,23). The monoisotopic (exact) mass is 328 g/mol. The number of para-hydroxylation sites is 1. The van der Waals surface area contributed by atoms with Crippen molar-refractivity contribution in [2.45, 2.75) is 32.0 Å². The van der Waals surface area contributed by atoms with E-state index in [1.165, 1.54) is 12.8 Å². The van der Waals surface area contributed by atoms with Crippen molar-refractivity contribution in [2.24, 2.45) is 0 Å². The molecule has 1 aromatic heterocycles. The van der Waals surface area contributed by atoms with Crippen LogP contribution in [0.1, 0.15) is 30.3 Å². The number of benzene rings is 1. The second-order valence-corrected chi connectivity index (χ2v) is 6.20. The van der Waals surface area contributed by atoms with Gasteiger partial charge in [0.25, 0.3) is 0 Å². The Morgan fingerprint density at radius 3 is 3.00 bits per heavy atom.